The summed E-state index contributed by atoms with van der Waals surface area (Å²) in [5, 5.41) is 15.3. The fourth-order valence-electron chi connectivity index (χ4n) is 2.31. The Morgan fingerprint density at radius 1 is 1.05 bits per heavy atom. The first-order valence-corrected chi connectivity index (χ1v) is 7.53. The molecule has 0 amide bonds. The monoisotopic (exact) mass is 284 g/mol. The zero-order chi connectivity index (χ0) is 15.2. The predicted octanol–water partition coefficient (Wildman–Crippen LogP) is 5.04. The van der Waals surface area contributed by atoms with Crippen LogP contribution in [0.4, 0.5) is 17.1 Å². The minimum absolute atomic E-state index is 0.768. The Labute approximate surface area is 127 Å². The van der Waals surface area contributed by atoms with Crippen molar-refractivity contribution in [2.45, 2.75) is 33.6 Å². The van der Waals surface area contributed by atoms with Crippen LogP contribution in [0.2, 0.25) is 0 Å². The lowest BCUT2D eigenvalue weighted by Crippen LogP contribution is -2.15. The van der Waals surface area contributed by atoms with Crippen LogP contribution in [0.5, 0.6) is 0 Å². The first-order valence-electron chi connectivity index (χ1n) is 7.53. The third-order valence-electron chi connectivity index (χ3n) is 3.76. The molecule has 2 N–H and O–H groups in total. The maximum Gasteiger partial charge on any atom is 0.0956 e. The van der Waals surface area contributed by atoms with Crippen LogP contribution in [0, 0.1) is 13.8 Å². The van der Waals surface area contributed by atoms with Crippen molar-refractivity contribution in [2.75, 3.05) is 16.9 Å². The van der Waals surface area contributed by atoms with Crippen molar-refractivity contribution in [3.63, 3.8) is 0 Å². The minimum atomic E-state index is 0.768. The van der Waals surface area contributed by atoms with E-state index in [1.54, 1.807) is 0 Å². The summed E-state index contributed by atoms with van der Waals surface area (Å²) in [4.78, 5) is 0. The number of hydrogen-bond acceptors (Lipinski definition) is 3. The first kappa shape index (κ1) is 15.4. The van der Waals surface area contributed by atoms with Gasteiger partial charge in [0, 0.05) is 6.54 Å². The summed E-state index contributed by atoms with van der Waals surface area (Å²) in [6.45, 7) is 7.19. The lowest BCUT2D eigenvalue weighted by molar-refractivity contribution is 0.301. The maximum absolute atomic E-state index is 10.6. The third kappa shape index (κ3) is 3.56. The normalized spacial score (nSPS) is 10.5. The summed E-state index contributed by atoms with van der Waals surface area (Å²) < 4.78 is 0. The molecule has 0 atom stereocenters. The molecule has 0 aliphatic rings. The van der Waals surface area contributed by atoms with Gasteiger partial charge in [0.25, 0.3) is 0 Å². The Balaban J connectivity index is 2.37. The third-order valence-corrected chi connectivity index (χ3v) is 3.76. The molecular formula is C18H24N2O. The summed E-state index contributed by atoms with van der Waals surface area (Å²) in [5.74, 6) is 0. The number of hydrogen-bond donors (Lipinski definition) is 2. The van der Waals surface area contributed by atoms with Gasteiger partial charge in [-0.2, -0.15) is 0 Å². The second-order valence-corrected chi connectivity index (χ2v) is 5.33. The largest absolute Gasteiger partial charge is 0.383 e. The van der Waals surface area contributed by atoms with Crippen molar-refractivity contribution in [1.29, 1.82) is 0 Å². The molecule has 2 rings (SSSR count). The van der Waals surface area contributed by atoms with Gasteiger partial charge in [-0.1, -0.05) is 37.6 Å². The Bertz CT molecular complexity index is 581. The molecule has 0 radical (unpaired) electrons. The number of rotatable bonds is 6. The molecule has 2 aromatic rings. The first-order chi connectivity index (χ1) is 10.1. The number of unbranched alkanes of at least 4 members (excludes halogenated alkanes) is 1. The second-order valence-electron chi connectivity index (χ2n) is 5.33. The number of nitrogens with one attached hydrogen (secondary N) is 1. The zero-order valence-corrected chi connectivity index (χ0v) is 13.1. The lowest BCUT2D eigenvalue weighted by atomic mass is 10.1. The van der Waals surface area contributed by atoms with Crippen molar-refractivity contribution in [2.24, 2.45) is 0 Å². The van der Waals surface area contributed by atoms with E-state index >= 15 is 0 Å². The van der Waals surface area contributed by atoms with E-state index in [9.17, 15) is 5.21 Å². The summed E-state index contributed by atoms with van der Waals surface area (Å²) in [7, 11) is 0. The fourth-order valence-corrected chi connectivity index (χ4v) is 2.31. The van der Waals surface area contributed by atoms with Gasteiger partial charge in [0.2, 0.25) is 0 Å². The van der Waals surface area contributed by atoms with Crippen LogP contribution in [0.25, 0.3) is 0 Å². The summed E-state index contributed by atoms with van der Waals surface area (Å²) in [6.07, 6.45) is 2.26. The Morgan fingerprint density at radius 2 is 1.76 bits per heavy atom. The summed E-state index contributed by atoms with van der Waals surface area (Å²) >= 11 is 0. The Kier molecular flexibility index (Phi) is 5.23. The number of anilines is 3. The van der Waals surface area contributed by atoms with Gasteiger partial charge in [-0.25, -0.2) is 5.06 Å². The molecule has 0 saturated carbocycles. The molecule has 0 saturated heterocycles. The van der Waals surface area contributed by atoms with Crippen molar-refractivity contribution in [3.05, 3.63) is 53.6 Å². The molecule has 0 aliphatic carbocycles. The molecule has 2 aromatic carbocycles. The molecule has 0 heterocycles. The number of nitrogens with zero attached hydrogens (tertiary/aromatic N) is 1. The van der Waals surface area contributed by atoms with Crippen LogP contribution in [0.15, 0.2) is 42.5 Å². The number of aryl methyl sites for hydroxylation is 1. The average molecular weight is 284 g/mol. The second kappa shape index (κ2) is 7.14. The summed E-state index contributed by atoms with van der Waals surface area (Å²) in [5.41, 5.74) is 4.82. The molecule has 3 nitrogen and oxygen atoms in total. The van der Waals surface area contributed by atoms with E-state index in [1.807, 2.05) is 43.3 Å². The van der Waals surface area contributed by atoms with Gasteiger partial charge < -0.3 is 5.32 Å². The molecule has 0 aliphatic heterocycles. The van der Waals surface area contributed by atoms with Gasteiger partial charge in [0.15, 0.2) is 0 Å². The molecule has 3 heteroatoms. The van der Waals surface area contributed by atoms with Crippen LogP contribution in [0.3, 0.4) is 0 Å². The molecular weight excluding hydrogens is 260 g/mol. The Morgan fingerprint density at radius 3 is 2.43 bits per heavy atom. The van der Waals surface area contributed by atoms with E-state index in [1.165, 1.54) is 10.6 Å². The van der Waals surface area contributed by atoms with Gasteiger partial charge in [-0.3, -0.25) is 5.21 Å². The van der Waals surface area contributed by atoms with E-state index in [-0.39, 0.29) is 0 Å². The van der Waals surface area contributed by atoms with Gasteiger partial charge in [0.1, 0.15) is 0 Å². The van der Waals surface area contributed by atoms with E-state index in [2.05, 4.69) is 25.2 Å². The molecule has 0 aromatic heterocycles. The van der Waals surface area contributed by atoms with Crippen LogP contribution in [-0.4, -0.2) is 11.8 Å². The maximum atomic E-state index is 10.6. The van der Waals surface area contributed by atoms with Crippen molar-refractivity contribution < 1.29 is 5.21 Å². The molecule has 0 bridgehead atoms. The number of benzene rings is 2. The van der Waals surface area contributed by atoms with Crippen molar-refractivity contribution in [3.8, 4) is 0 Å². The molecule has 0 unspecified atom stereocenters. The highest BCUT2D eigenvalue weighted by Crippen LogP contribution is 2.35. The summed E-state index contributed by atoms with van der Waals surface area (Å²) in [6, 6.07) is 13.7. The zero-order valence-electron chi connectivity index (χ0n) is 13.1. The lowest BCUT2D eigenvalue weighted by Gasteiger charge is -2.24. The highest BCUT2D eigenvalue weighted by molar-refractivity contribution is 5.78. The number of para-hydroxylation sites is 1. The highest BCUT2D eigenvalue weighted by atomic mass is 16.5. The van der Waals surface area contributed by atoms with Gasteiger partial charge in [0.05, 0.1) is 17.1 Å². The fraction of sp³-hybridized carbons (Fsp3) is 0.333. The highest BCUT2D eigenvalue weighted by Gasteiger charge is 2.15. The van der Waals surface area contributed by atoms with E-state index < -0.39 is 0 Å². The van der Waals surface area contributed by atoms with Crippen LogP contribution >= 0.6 is 0 Å². The molecule has 21 heavy (non-hydrogen) atoms. The van der Waals surface area contributed by atoms with Crippen LogP contribution < -0.4 is 10.4 Å². The predicted molar refractivity (Wildman–Crippen MR) is 89.7 cm³/mol. The SMILES string of the molecule is CCCCNc1ccc(C)c(C)c1N(O)c1ccccc1. The van der Waals surface area contributed by atoms with Crippen LogP contribution in [-0.2, 0) is 0 Å². The van der Waals surface area contributed by atoms with E-state index in [4.69, 9.17) is 0 Å². The quantitative estimate of drug-likeness (QED) is 0.576. The minimum Gasteiger partial charge on any atom is -0.383 e. The van der Waals surface area contributed by atoms with E-state index in [0.717, 1.165) is 42.0 Å². The van der Waals surface area contributed by atoms with E-state index in [0.29, 0.717) is 0 Å². The van der Waals surface area contributed by atoms with Gasteiger partial charge in [-0.05, 0) is 49.6 Å². The van der Waals surface area contributed by atoms with Crippen LogP contribution in [0.1, 0.15) is 30.9 Å². The average Bonchev–Trinajstić information content (AvgIpc) is 2.51. The molecule has 112 valence electrons. The molecule has 0 fully saturated rings. The smallest absolute Gasteiger partial charge is 0.0956 e. The van der Waals surface area contributed by atoms with Crippen molar-refractivity contribution >= 4 is 17.1 Å². The topological polar surface area (TPSA) is 35.5 Å². The van der Waals surface area contributed by atoms with Crippen molar-refractivity contribution in [1.82, 2.24) is 0 Å². The van der Waals surface area contributed by atoms with Gasteiger partial charge in [-0.15, -0.1) is 0 Å². The Hall–Kier alpha value is -2.00. The van der Waals surface area contributed by atoms with Gasteiger partial charge >= 0.3 is 0 Å². The molecule has 0 spiro atoms. The standard InChI is InChI=1S/C18H24N2O/c1-4-5-13-19-17-12-11-14(2)15(3)18(17)20(21)16-9-7-6-8-10-16/h6-12,19,21H,4-5,13H2,1-3H3.